The Morgan fingerprint density at radius 3 is 2.74 bits per heavy atom. The van der Waals surface area contributed by atoms with Crippen LogP contribution in [0.25, 0.3) is 5.69 Å². The Labute approximate surface area is 154 Å². The highest BCUT2D eigenvalue weighted by atomic mass is 19.1. The zero-order chi connectivity index (χ0) is 18.8. The molecular formula is C19H17FN4O3. The summed E-state index contributed by atoms with van der Waals surface area (Å²) in [5.74, 6) is 0.647. The molecule has 138 valence electrons. The van der Waals surface area contributed by atoms with Crippen LogP contribution in [0.5, 0.6) is 11.5 Å². The predicted octanol–water partition coefficient (Wildman–Crippen LogP) is 2.28. The standard InChI is InChI=1S/C19H17FN4O3/c1-12-18(22-23-24(12)14-8-6-13(20)7-9-14)19(25)21-10-15-11-26-16-4-2-3-5-17(16)27-15/h2-9,15H,10-11H2,1H3,(H,21,25). The number of amides is 1. The summed E-state index contributed by atoms with van der Waals surface area (Å²) >= 11 is 0. The first-order valence-electron chi connectivity index (χ1n) is 8.47. The maximum Gasteiger partial charge on any atom is 0.273 e. The fourth-order valence-corrected chi connectivity index (χ4v) is 2.82. The van der Waals surface area contributed by atoms with Crippen molar-refractivity contribution in [2.75, 3.05) is 13.2 Å². The van der Waals surface area contributed by atoms with Gasteiger partial charge in [0.05, 0.1) is 17.9 Å². The van der Waals surface area contributed by atoms with Crippen molar-refractivity contribution >= 4 is 5.91 Å². The van der Waals surface area contributed by atoms with Crippen molar-refractivity contribution in [3.05, 3.63) is 65.7 Å². The quantitative estimate of drug-likeness (QED) is 0.764. The van der Waals surface area contributed by atoms with Crippen LogP contribution in [0, 0.1) is 12.7 Å². The first-order chi connectivity index (χ1) is 13.1. The lowest BCUT2D eigenvalue weighted by Crippen LogP contribution is -2.41. The maximum atomic E-state index is 13.1. The number of halogens is 1. The second kappa shape index (κ2) is 7.06. The van der Waals surface area contributed by atoms with Crippen LogP contribution in [-0.2, 0) is 0 Å². The molecule has 27 heavy (non-hydrogen) atoms. The zero-order valence-corrected chi connectivity index (χ0v) is 14.6. The van der Waals surface area contributed by atoms with Gasteiger partial charge in [0.2, 0.25) is 0 Å². The number of nitrogens with zero attached hydrogens (tertiary/aromatic N) is 3. The number of nitrogens with one attached hydrogen (secondary N) is 1. The van der Waals surface area contributed by atoms with E-state index < -0.39 is 0 Å². The van der Waals surface area contributed by atoms with Crippen LogP contribution in [0.1, 0.15) is 16.2 Å². The highest BCUT2D eigenvalue weighted by molar-refractivity contribution is 5.93. The monoisotopic (exact) mass is 368 g/mol. The summed E-state index contributed by atoms with van der Waals surface area (Å²) in [4.78, 5) is 12.5. The summed E-state index contributed by atoms with van der Waals surface area (Å²) in [7, 11) is 0. The van der Waals surface area contributed by atoms with Crippen molar-refractivity contribution in [3.8, 4) is 17.2 Å². The molecule has 0 fully saturated rings. The molecule has 2 heterocycles. The molecule has 3 aromatic rings. The minimum Gasteiger partial charge on any atom is -0.486 e. The zero-order valence-electron chi connectivity index (χ0n) is 14.6. The lowest BCUT2D eigenvalue weighted by atomic mass is 10.2. The van der Waals surface area contributed by atoms with Gasteiger partial charge in [-0.1, -0.05) is 17.3 Å². The van der Waals surface area contributed by atoms with E-state index in [9.17, 15) is 9.18 Å². The first kappa shape index (κ1) is 17.0. The number of para-hydroxylation sites is 2. The molecule has 0 saturated carbocycles. The highest BCUT2D eigenvalue weighted by Crippen LogP contribution is 2.30. The van der Waals surface area contributed by atoms with E-state index in [0.29, 0.717) is 29.5 Å². The third-order valence-corrected chi connectivity index (χ3v) is 4.24. The number of ether oxygens (including phenoxy) is 2. The molecule has 1 amide bonds. The Morgan fingerprint density at radius 2 is 1.96 bits per heavy atom. The number of rotatable bonds is 4. The minimum atomic E-state index is -0.358. The van der Waals surface area contributed by atoms with Gasteiger partial charge in [-0.25, -0.2) is 9.07 Å². The van der Waals surface area contributed by atoms with Gasteiger partial charge in [0, 0.05) is 0 Å². The number of hydrogen-bond donors (Lipinski definition) is 1. The van der Waals surface area contributed by atoms with Gasteiger partial charge < -0.3 is 14.8 Å². The summed E-state index contributed by atoms with van der Waals surface area (Å²) in [5, 5.41) is 10.7. The summed E-state index contributed by atoms with van der Waals surface area (Å²) < 4.78 is 26.0. The molecule has 0 radical (unpaired) electrons. The van der Waals surface area contributed by atoms with Gasteiger partial charge in [0.15, 0.2) is 17.2 Å². The Bertz CT molecular complexity index is 971. The van der Waals surface area contributed by atoms with Gasteiger partial charge in [-0.05, 0) is 43.3 Å². The topological polar surface area (TPSA) is 78.3 Å². The fraction of sp³-hybridized carbons (Fsp3) is 0.211. The molecule has 8 heteroatoms. The molecule has 7 nitrogen and oxygen atoms in total. The van der Waals surface area contributed by atoms with E-state index in [1.165, 1.54) is 16.8 Å². The molecular weight excluding hydrogens is 351 g/mol. The molecule has 1 aliphatic heterocycles. The van der Waals surface area contributed by atoms with E-state index in [0.717, 1.165) is 0 Å². The van der Waals surface area contributed by atoms with Crippen LogP contribution in [-0.4, -0.2) is 40.2 Å². The summed E-state index contributed by atoms with van der Waals surface area (Å²) in [6, 6.07) is 13.2. The molecule has 1 aliphatic rings. The van der Waals surface area contributed by atoms with Crippen LogP contribution in [0.2, 0.25) is 0 Å². The molecule has 0 saturated heterocycles. The molecule has 1 unspecified atom stereocenters. The predicted molar refractivity (Wildman–Crippen MR) is 94.7 cm³/mol. The second-order valence-electron chi connectivity index (χ2n) is 6.12. The van der Waals surface area contributed by atoms with Gasteiger partial charge in [-0.15, -0.1) is 5.10 Å². The molecule has 1 N–H and O–H groups in total. The van der Waals surface area contributed by atoms with Gasteiger partial charge in [-0.2, -0.15) is 0 Å². The SMILES string of the molecule is Cc1c(C(=O)NCC2COc3ccccc3O2)nnn1-c1ccc(F)cc1. The third-order valence-electron chi connectivity index (χ3n) is 4.24. The van der Waals surface area contributed by atoms with E-state index in [1.54, 1.807) is 19.1 Å². The van der Waals surface area contributed by atoms with Crippen molar-refractivity contribution in [3.63, 3.8) is 0 Å². The van der Waals surface area contributed by atoms with E-state index in [4.69, 9.17) is 9.47 Å². The summed E-state index contributed by atoms with van der Waals surface area (Å²) in [6.45, 7) is 2.35. The second-order valence-corrected chi connectivity index (χ2v) is 6.12. The largest absolute Gasteiger partial charge is 0.486 e. The molecule has 2 aromatic carbocycles. The lowest BCUT2D eigenvalue weighted by molar-refractivity contribution is 0.0786. The maximum absolute atomic E-state index is 13.1. The van der Waals surface area contributed by atoms with E-state index in [1.807, 2.05) is 24.3 Å². The van der Waals surface area contributed by atoms with Gasteiger partial charge in [0.25, 0.3) is 5.91 Å². The van der Waals surface area contributed by atoms with Crippen molar-refractivity contribution < 1.29 is 18.7 Å². The van der Waals surface area contributed by atoms with Crippen LogP contribution in [0.15, 0.2) is 48.5 Å². The van der Waals surface area contributed by atoms with Crippen molar-refractivity contribution in [2.24, 2.45) is 0 Å². The van der Waals surface area contributed by atoms with Crippen LogP contribution >= 0.6 is 0 Å². The number of benzene rings is 2. The van der Waals surface area contributed by atoms with Crippen molar-refractivity contribution in [1.29, 1.82) is 0 Å². The van der Waals surface area contributed by atoms with Crippen LogP contribution in [0.3, 0.4) is 0 Å². The Kier molecular flexibility index (Phi) is 4.45. The first-order valence-corrected chi connectivity index (χ1v) is 8.47. The molecule has 1 aromatic heterocycles. The number of carbonyl (C=O) groups is 1. The summed E-state index contributed by atoms with van der Waals surface area (Å²) in [5.41, 5.74) is 1.39. The third kappa shape index (κ3) is 3.46. The Morgan fingerprint density at radius 1 is 1.22 bits per heavy atom. The van der Waals surface area contributed by atoms with E-state index >= 15 is 0 Å². The average molecular weight is 368 g/mol. The smallest absolute Gasteiger partial charge is 0.273 e. The lowest BCUT2D eigenvalue weighted by Gasteiger charge is -2.26. The number of carbonyl (C=O) groups excluding carboxylic acids is 1. The summed E-state index contributed by atoms with van der Waals surface area (Å²) in [6.07, 6.45) is -0.295. The molecule has 4 rings (SSSR count). The molecule has 0 spiro atoms. The Balaban J connectivity index is 1.41. The number of aromatic nitrogens is 3. The van der Waals surface area contributed by atoms with Gasteiger partial charge in [-0.3, -0.25) is 4.79 Å². The van der Waals surface area contributed by atoms with E-state index in [-0.39, 0.29) is 30.1 Å². The van der Waals surface area contributed by atoms with Crippen LogP contribution < -0.4 is 14.8 Å². The highest BCUT2D eigenvalue weighted by Gasteiger charge is 2.23. The average Bonchev–Trinajstić information content (AvgIpc) is 3.08. The molecule has 1 atom stereocenters. The molecule has 0 aliphatic carbocycles. The number of hydrogen-bond acceptors (Lipinski definition) is 5. The molecule has 0 bridgehead atoms. The van der Waals surface area contributed by atoms with Gasteiger partial charge in [0.1, 0.15) is 18.5 Å². The normalized spacial score (nSPS) is 15.4. The minimum absolute atomic E-state index is 0.205. The van der Waals surface area contributed by atoms with Gasteiger partial charge >= 0.3 is 0 Å². The van der Waals surface area contributed by atoms with Crippen molar-refractivity contribution in [2.45, 2.75) is 13.0 Å². The number of fused-ring (bicyclic) bond motifs is 1. The fourth-order valence-electron chi connectivity index (χ4n) is 2.82. The van der Waals surface area contributed by atoms with Crippen LogP contribution in [0.4, 0.5) is 4.39 Å². The Hall–Kier alpha value is -3.42. The van der Waals surface area contributed by atoms with E-state index in [2.05, 4.69) is 15.6 Å². The van der Waals surface area contributed by atoms with Crippen molar-refractivity contribution in [1.82, 2.24) is 20.3 Å².